The van der Waals surface area contributed by atoms with Crippen molar-refractivity contribution in [1.82, 2.24) is 10.3 Å². The van der Waals surface area contributed by atoms with Crippen LogP contribution in [0.1, 0.15) is 58.4 Å². The van der Waals surface area contributed by atoms with E-state index in [2.05, 4.69) is 16.4 Å². The molecular weight excluding hydrogens is 368 g/mol. The molecule has 1 aromatic carbocycles. The van der Waals surface area contributed by atoms with Gasteiger partial charge in [0.25, 0.3) is 0 Å². The standard InChI is InChI=1S/C23H34N2O4/c1-4-23(12-7-15-26,13-10-21(27)29-17(2)3)22(28)24-14-11-18-16-25-20-9-6-5-8-19(18)20/h5-6,8-9,16-17,25-26H,4,7,10-15H2,1-3H3,(H,24,28)/t23-/m0/s1. The Hall–Kier alpha value is -2.34. The maximum Gasteiger partial charge on any atom is 0.306 e. The summed E-state index contributed by atoms with van der Waals surface area (Å²) in [6.07, 6.45) is 4.86. The van der Waals surface area contributed by atoms with Crippen molar-refractivity contribution in [3.8, 4) is 0 Å². The van der Waals surface area contributed by atoms with Gasteiger partial charge < -0.3 is 20.1 Å². The van der Waals surface area contributed by atoms with E-state index in [9.17, 15) is 14.7 Å². The van der Waals surface area contributed by atoms with E-state index in [1.807, 2.05) is 45.2 Å². The molecule has 1 aromatic heterocycles. The quantitative estimate of drug-likeness (QED) is 0.472. The molecule has 2 rings (SSSR count). The molecule has 0 spiro atoms. The van der Waals surface area contributed by atoms with Crippen LogP contribution in [0.25, 0.3) is 10.9 Å². The van der Waals surface area contributed by atoms with Gasteiger partial charge >= 0.3 is 5.97 Å². The predicted octanol–water partition coefficient (Wildman–Crippen LogP) is 3.73. The fourth-order valence-electron chi connectivity index (χ4n) is 3.78. The van der Waals surface area contributed by atoms with Crippen LogP contribution in [0.4, 0.5) is 0 Å². The van der Waals surface area contributed by atoms with Crippen molar-refractivity contribution in [2.75, 3.05) is 13.2 Å². The monoisotopic (exact) mass is 402 g/mol. The molecule has 160 valence electrons. The molecule has 0 saturated heterocycles. The molecule has 6 heteroatoms. The number of esters is 1. The van der Waals surface area contributed by atoms with Crippen LogP contribution in [-0.4, -0.2) is 41.2 Å². The van der Waals surface area contributed by atoms with Crippen molar-refractivity contribution in [1.29, 1.82) is 0 Å². The number of fused-ring (bicyclic) bond motifs is 1. The summed E-state index contributed by atoms with van der Waals surface area (Å²) < 4.78 is 5.22. The van der Waals surface area contributed by atoms with Crippen molar-refractivity contribution in [3.05, 3.63) is 36.0 Å². The molecule has 0 bridgehead atoms. The predicted molar refractivity (Wildman–Crippen MR) is 115 cm³/mol. The van der Waals surface area contributed by atoms with Gasteiger partial charge in [-0.1, -0.05) is 25.1 Å². The van der Waals surface area contributed by atoms with Gasteiger partial charge in [0.15, 0.2) is 0 Å². The Morgan fingerprint density at radius 1 is 1.24 bits per heavy atom. The number of ether oxygens (including phenoxy) is 1. The van der Waals surface area contributed by atoms with Gasteiger partial charge in [0.05, 0.1) is 6.10 Å². The Bertz CT molecular complexity index is 799. The number of aromatic amines is 1. The third-order valence-corrected chi connectivity index (χ3v) is 5.50. The van der Waals surface area contributed by atoms with Crippen molar-refractivity contribution < 1.29 is 19.4 Å². The first kappa shape index (κ1) is 22.9. The summed E-state index contributed by atoms with van der Waals surface area (Å²) in [4.78, 5) is 28.3. The zero-order chi connectivity index (χ0) is 21.3. The highest BCUT2D eigenvalue weighted by Crippen LogP contribution is 2.34. The second kappa shape index (κ2) is 11.0. The van der Waals surface area contributed by atoms with Gasteiger partial charge in [-0.3, -0.25) is 9.59 Å². The molecular formula is C23H34N2O4. The first-order chi connectivity index (χ1) is 13.9. The molecule has 1 atom stereocenters. The molecule has 3 N–H and O–H groups in total. The van der Waals surface area contributed by atoms with Crippen molar-refractivity contribution in [3.63, 3.8) is 0 Å². The van der Waals surface area contributed by atoms with Crippen LogP contribution in [0.2, 0.25) is 0 Å². The number of para-hydroxylation sites is 1. The van der Waals surface area contributed by atoms with E-state index in [4.69, 9.17) is 4.74 Å². The number of aliphatic hydroxyl groups is 1. The molecule has 29 heavy (non-hydrogen) atoms. The third-order valence-electron chi connectivity index (χ3n) is 5.50. The van der Waals surface area contributed by atoms with Crippen LogP contribution in [0.3, 0.4) is 0 Å². The number of aliphatic hydroxyl groups excluding tert-OH is 1. The summed E-state index contributed by atoms with van der Waals surface area (Å²) in [7, 11) is 0. The van der Waals surface area contributed by atoms with Gasteiger partial charge in [0.2, 0.25) is 5.91 Å². The fourth-order valence-corrected chi connectivity index (χ4v) is 3.78. The average molecular weight is 403 g/mol. The van der Waals surface area contributed by atoms with Crippen LogP contribution in [0.5, 0.6) is 0 Å². The van der Waals surface area contributed by atoms with E-state index >= 15 is 0 Å². The smallest absolute Gasteiger partial charge is 0.306 e. The number of amides is 1. The summed E-state index contributed by atoms with van der Waals surface area (Å²) in [6, 6.07) is 8.10. The maximum atomic E-state index is 13.1. The molecule has 2 aromatic rings. The number of carbonyl (C=O) groups is 2. The van der Waals surface area contributed by atoms with E-state index in [0.29, 0.717) is 32.2 Å². The second-order valence-electron chi connectivity index (χ2n) is 7.87. The molecule has 0 aliphatic heterocycles. The Balaban J connectivity index is 1.99. The fraction of sp³-hybridized carbons (Fsp3) is 0.565. The van der Waals surface area contributed by atoms with E-state index in [1.165, 1.54) is 10.9 Å². The second-order valence-corrected chi connectivity index (χ2v) is 7.87. The number of H-pyrrole nitrogens is 1. The van der Waals surface area contributed by atoms with E-state index in [-0.39, 0.29) is 31.0 Å². The molecule has 0 aliphatic rings. The van der Waals surface area contributed by atoms with Crippen LogP contribution >= 0.6 is 0 Å². The normalized spacial score (nSPS) is 13.4. The first-order valence-electron chi connectivity index (χ1n) is 10.6. The minimum Gasteiger partial charge on any atom is -0.463 e. The van der Waals surface area contributed by atoms with Crippen LogP contribution in [0.15, 0.2) is 30.5 Å². The Morgan fingerprint density at radius 2 is 2.00 bits per heavy atom. The van der Waals surface area contributed by atoms with Crippen LogP contribution < -0.4 is 5.32 Å². The van der Waals surface area contributed by atoms with Gasteiger partial charge in [0, 0.05) is 42.1 Å². The van der Waals surface area contributed by atoms with Crippen LogP contribution in [-0.2, 0) is 20.7 Å². The number of hydrogen-bond donors (Lipinski definition) is 3. The Labute approximate surface area is 173 Å². The number of nitrogens with one attached hydrogen (secondary N) is 2. The van der Waals surface area contributed by atoms with Gasteiger partial charge in [0.1, 0.15) is 0 Å². The number of benzene rings is 1. The lowest BCUT2D eigenvalue weighted by Crippen LogP contribution is -2.42. The highest BCUT2D eigenvalue weighted by molar-refractivity contribution is 5.84. The minimum absolute atomic E-state index is 0.0286. The Kier molecular flexibility index (Phi) is 8.70. The molecule has 0 unspecified atom stereocenters. The van der Waals surface area contributed by atoms with Gasteiger partial charge in [-0.05, 0) is 57.6 Å². The van der Waals surface area contributed by atoms with Crippen molar-refractivity contribution in [2.24, 2.45) is 5.41 Å². The van der Waals surface area contributed by atoms with Crippen molar-refractivity contribution >= 4 is 22.8 Å². The Morgan fingerprint density at radius 3 is 2.69 bits per heavy atom. The maximum absolute atomic E-state index is 13.1. The van der Waals surface area contributed by atoms with E-state index < -0.39 is 5.41 Å². The zero-order valence-electron chi connectivity index (χ0n) is 17.8. The zero-order valence-corrected chi connectivity index (χ0v) is 17.8. The number of hydrogen-bond acceptors (Lipinski definition) is 4. The summed E-state index contributed by atoms with van der Waals surface area (Å²) in [5.74, 6) is -0.334. The summed E-state index contributed by atoms with van der Waals surface area (Å²) in [6.45, 7) is 6.14. The first-order valence-corrected chi connectivity index (χ1v) is 10.6. The summed E-state index contributed by atoms with van der Waals surface area (Å²) in [5, 5.41) is 13.5. The molecule has 0 fully saturated rings. The SMILES string of the molecule is CC[C@](CCCO)(CCC(=O)OC(C)C)C(=O)NCCc1c[nH]c2ccccc12. The minimum atomic E-state index is -0.668. The highest BCUT2D eigenvalue weighted by atomic mass is 16.5. The number of carbonyl (C=O) groups excluding carboxylic acids is 2. The lowest BCUT2D eigenvalue weighted by Gasteiger charge is -2.31. The topological polar surface area (TPSA) is 91.4 Å². The van der Waals surface area contributed by atoms with Gasteiger partial charge in [-0.2, -0.15) is 0 Å². The summed E-state index contributed by atoms with van der Waals surface area (Å²) in [5.41, 5.74) is 1.58. The van der Waals surface area contributed by atoms with Crippen molar-refractivity contribution in [2.45, 2.75) is 65.4 Å². The summed E-state index contributed by atoms with van der Waals surface area (Å²) >= 11 is 0. The molecule has 1 amide bonds. The number of rotatable bonds is 12. The molecule has 1 heterocycles. The van der Waals surface area contributed by atoms with Gasteiger partial charge in [-0.15, -0.1) is 0 Å². The largest absolute Gasteiger partial charge is 0.463 e. The van der Waals surface area contributed by atoms with Crippen LogP contribution in [0, 0.1) is 5.41 Å². The molecule has 0 aliphatic carbocycles. The van der Waals surface area contributed by atoms with E-state index in [1.54, 1.807) is 0 Å². The molecule has 6 nitrogen and oxygen atoms in total. The lowest BCUT2D eigenvalue weighted by atomic mass is 9.75. The molecule has 0 saturated carbocycles. The lowest BCUT2D eigenvalue weighted by molar-refractivity contribution is -0.148. The molecule has 0 radical (unpaired) electrons. The number of aromatic nitrogens is 1. The average Bonchev–Trinajstić information content (AvgIpc) is 3.11. The van der Waals surface area contributed by atoms with Gasteiger partial charge in [-0.25, -0.2) is 0 Å². The highest BCUT2D eigenvalue weighted by Gasteiger charge is 2.36. The van der Waals surface area contributed by atoms with E-state index in [0.717, 1.165) is 11.9 Å². The third kappa shape index (κ3) is 6.32.